The van der Waals surface area contributed by atoms with E-state index >= 15 is 0 Å². The summed E-state index contributed by atoms with van der Waals surface area (Å²) in [5.74, 6) is 0. The van der Waals surface area contributed by atoms with Crippen molar-refractivity contribution < 1.29 is 0 Å². The Morgan fingerprint density at radius 1 is 1.53 bits per heavy atom. The van der Waals surface area contributed by atoms with Gasteiger partial charge in [0, 0.05) is 30.6 Å². The molecule has 0 saturated heterocycles. The van der Waals surface area contributed by atoms with Crippen LogP contribution in [-0.2, 0) is 13.5 Å². The molecule has 2 rings (SSSR count). The summed E-state index contributed by atoms with van der Waals surface area (Å²) in [6.07, 6.45) is 2.51. The minimum Gasteiger partial charge on any atom is -0.323 e. The predicted molar refractivity (Wildman–Crippen MR) is 70.4 cm³/mol. The molecule has 0 aliphatic carbocycles. The lowest BCUT2D eigenvalue weighted by Crippen LogP contribution is -2.14. The van der Waals surface area contributed by atoms with E-state index in [1.165, 1.54) is 0 Å². The zero-order chi connectivity index (χ0) is 12.6. The van der Waals surface area contributed by atoms with E-state index in [1.54, 1.807) is 16.0 Å². The highest BCUT2D eigenvalue weighted by Crippen LogP contribution is 2.26. The van der Waals surface area contributed by atoms with E-state index in [-0.39, 0.29) is 6.04 Å². The Morgan fingerprint density at radius 2 is 2.24 bits per heavy atom. The predicted octanol–water partition coefficient (Wildman–Crippen LogP) is 2.39. The highest BCUT2D eigenvalue weighted by Gasteiger charge is 2.17. The van der Waals surface area contributed by atoms with Crippen LogP contribution < -0.4 is 5.73 Å². The van der Waals surface area contributed by atoms with Crippen LogP contribution >= 0.6 is 22.9 Å². The van der Waals surface area contributed by atoms with E-state index in [9.17, 15) is 0 Å². The first-order valence-corrected chi connectivity index (χ1v) is 6.54. The van der Waals surface area contributed by atoms with Crippen molar-refractivity contribution in [1.82, 2.24) is 14.8 Å². The summed E-state index contributed by atoms with van der Waals surface area (Å²) in [5, 5.41) is 6.02. The number of thiazole rings is 1. The first-order valence-electron chi connectivity index (χ1n) is 5.35. The van der Waals surface area contributed by atoms with Crippen molar-refractivity contribution in [3.05, 3.63) is 32.5 Å². The largest absolute Gasteiger partial charge is 0.323 e. The smallest absolute Gasteiger partial charge is 0.0897 e. The standard InChI is InChI=1S/C11H15ClN4S/c1-6-11(12)9(16(3)15-6)4-8(13)10-5-14-7(2)17-10/h5,8H,4,13H2,1-3H3. The minimum atomic E-state index is -0.0755. The van der Waals surface area contributed by atoms with Gasteiger partial charge in [-0.3, -0.25) is 4.68 Å². The second-order valence-electron chi connectivity index (χ2n) is 4.06. The third-order valence-corrected chi connectivity index (χ3v) is 4.22. The van der Waals surface area contributed by atoms with Crippen molar-refractivity contribution in [1.29, 1.82) is 0 Å². The molecule has 6 heteroatoms. The number of aryl methyl sites for hydroxylation is 3. The molecule has 0 aromatic carbocycles. The first kappa shape index (κ1) is 12.5. The van der Waals surface area contributed by atoms with Crippen molar-refractivity contribution in [3.63, 3.8) is 0 Å². The molecule has 2 N–H and O–H groups in total. The summed E-state index contributed by atoms with van der Waals surface area (Å²) in [6.45, 7) is 3.87. The van der Waals surface area contributed by atoms with Crippen LogP contribution in [0.25, 0.3) is 0 Å². The first-order chi connectivity index (χ1) is 7.99. The summed E-state index contributed by atoms with van der Waals surface area (Å²) < 4.78 is 1.80. The fourth-order valence-electron chi connectivity index (χ4n) is 1.76. The summed E-state index contributed by atoms with van der Waals surface area (Å²) >= 11 is 7.82. The molecule has 1 atom stereocenters. The van der Waals surface area contributed by atoms with Crippen molar-refractivity contribution >= 4 is 22.9 Å². The fraction of sp³-hybridized carbons (Fsp3) is 0.455. The van der Waals surface area contributed by atoms with Crippen molar-refractivity contribution in [2.24, 2.45) is 12.8 Å². The summed E-state index contributed by atoms with van der Waals surface area (Å²) in [4.78, 5) is 5.29. The molecule has 4 nitrogen and oxygen atoms in total. The molecule has 0 radical (unpaired) electrons. The Hall–Kier alpha value is -0.910. The Morgan fingerprint density at radius 3 is 2.71 bits per heavy atom. The quantitative estimate of drug-likeness (QED) is 0.932. The summed E-state index contributed by atoms with van der Waals surface area (Å²) in [6, 6.07) is -0.0755. The molecule has 0 amide bonds. The minimum absolute atomic E-state index is 0.0755. The van der Waals surface area contributed by atoms with E-state index in [2.05, 4.69) is 10.1 Å². The number of hydrogen-bond acceptors (Lipinski definition) is 4. The molecular formula is C11H15ClN4S. The summed E-state index contributed by atoms with van der Waals surface area (Å²) in [7, 11) is 1.89. The van der Waals surface area contributed by atoms with Gasteiger partial charge < -0.3 is 5.73 Å². The fourth-order valence-corrected chi connectivity index (χ4v) is 2.78. The molecule has 2 aromatic rings. The average molecular weight is 271 g/mol. The molecule has 2 heterocycles. The number of halogens is 1. The van der Waals surface area contributed by atoms with Crippen LogP contribution in [-0.4, -0.2) is 14.8 Å². The molecule has 0 fully saturated rings. The molecular weight excluding hydrogens is 256 g/mol. The van der Waals surface area contributed by atoms with E-state index in [0.29, 0.717) is 11.4 Å². The SMILES string of the molecule is Cc1ncc(C(N)Cc2c(Cl)c(C)nn2C)s1. The van der Waals surface area contributed by atoms with Crippen molar-refractivity contribution in [2.45, 2.75) is 26.3 Å². The van der Waals surface area contributed by atoms with Crippen LogP contribution in [0.3, 0.4) is 0 Å². The molecule has 1 unspecified atom stereocenters. The lowest BCUT2D eigenvalue weighted by atomic mass is 10.1. The number of nitrogens with zero attached hydrogens (tertiary/aromatic N) is 3. The van der Waals surface area contributed by atoms with Gasteiger partial charge in [0.1, 0.15) is 0 Å². The highest BCUT2D eigenvalue weighted by molar-refractivity contribution is 7.11. The normalized spacial score (nSPS) is 13.0. The van der Waals surface area contributed by atoms with Gasteiger partial charge in [-0.1, -0.05) is 11.6 Å². The third-order valence-electron chi connectivity index (χ3n) is 2.68. The van der Waals surface area contributed by atoms with E-state index < -0.39 is 0 Å². The molecule has 17 heavy (non-hydrogen) atoms. The van der Waals surface area contributed by atoms with Gasteiger partial charge in [0.2, 0.25) is 0 Å². The molecule has 0 aliphatic rings. The zero-order valence-electron chi connectivity index (χ0n) is 10.1. The van der Waals surface area contributed by atoms with E-state index in [0.717, 1.165) is 21.3 Å². The van der Waals surface area contributed by atoms with Gasteiger partial charge in [-0.25, -0.2) is 4.98 Å². The van der Waals surface area contributed by atoms with Crippen LogP contribution in [0.2, 0.25) is 5.02 Å². The van der Waals surface area contributed by atoms with Crippen molar-refractivity contribution in [3.8, 4) is 0 Å². The monoisotopic (exact) mass is 270 g/mol. The Labute approximate surface area is 109 Å². The molecule has 92 valence electrons. The second kappa shape index (κ2) is 4.76. The maximum atomic E-state index is 6.20. The third kappa shape index (κ3) is 2.51. The van der Waals surface area contributed by atoms with Gasteiger partial charge >= 0.3 is 0 Å². The number of rotatable bonds is 3. The highest BCUT2D eigenvalue weighted by atomic mass is 35.5. The Balaban J connectivity index is 2.21. The van der Waals surface area contributed by atoms with Crippen LogP contribution in [0, 0.1) is 13.8 Å². The lowest BCUT2D eigenvalue weighted by molar-refractivity contribution is 0.645. The Kier molecular flexibility index (Phi) is 3.51. The van der Waals surface area contributed by atoms with Gasteiger partial charge in [0.15, 0.2) is 0 Å². The number of hydrogen-bond donors (Lipinski definition) is 1. The van der Waals surface area contributed by atoms with Gasteiger partial charge in [-0.2, -0.15) is 5.10 Å². The molecule has 0 bridgehead atoms. The molecule has 0 aliphatic heterocycles. The maximum Gasteiger partial charge on any atom is 0.0897 e. The Bertz CT molecular complexity index is 532. The molecule has 2 aromatic heterocycles. The van der Waals surface area contributed by atoms with Crippen LogP contribution in [0.1, 0.15) is 27.3 Å². The van der Waals surface area contributed by atoms with Gasteiger partial charge in [0.25, 0.3) is 0 Å². The second-order valence-corrected chi connectivity index (χ2v) is 5.71. The number of nitrogens with two attached hydrogens (primary N) is 1. The number of aromatic nitrogens is 3. The van der Waals surface area contributed by atoms with Gasteiger partial charge in [0.05, 0.1) is 21.4 Å². The van der Waals surface area contributed by atoms with E-state index in [4.69, 9.17) is 17.3 Å². The lowest BCUT2D eigenvalue weighted by Gasteiger charge is -2.09. The molecule has 0 spiro atoms. The van der Waals surface area contributed by atoms with E-state index in [1.807, 2.05) is 27.1 Å². The topological polar surface area (TPSA) is 56.7 Å². The van der Waals surface area contributed by atoms with Gasteiger partial charge in [-0.05, 0) is 13.8 Å². The van der Waals surface area contributed by atoms with Crippen LogP contribution in [0.5, 0.6) is 0 Å². The maximum absolute atomic E-state index is 6.20. The zero-order valence-corrected chi connectivity index (χ0v) is 11.6. The van der Waals surface area contributed by atoms with Crippen LogP contribution in [0.4, 0.5) is 0 Å². The van der Waals surface area contributed by atoms with Crippen LogP contribution in [0.15, 0.2) is 6.20 Å². The van der Waals surface area contributed by atoms with Crippen molar-refractivity contribution in [2.75, 3.05) is 0 Å². The van der Waals surface area contributed by atoms with Gasteiger partial charge in [-0.15, -0.1) is 11.3 Å². The summed E-state index contributed by atoms with van der Waals surface area (Å²) in [5.41, 5.74) is 7.98. The molecule has 0 saturated carbocycles. The average Bonchev–Trinajstić information content (AvgIpc) is 2.79.